The van der Waals surface area contributed by atoms with Gasteiger partial charge in [-0.15, -0.1) is 0 Å². The Morgan fingerprint density at radius 2 is 0.821 bits per heavy atom. The zero-order valence-corrected chi connectivity index (χ0v) is 17.0. The number of aromatic carboxylic acids is 2. The largest absolute Gasteiger partial charge is 0.497 e. The highest BCUT2D eigenvalue weighted by molar-refractivity contribution is 5.89. The molecule has 9 nitrogen and oxygen atoms in total. The van der Waals surface area contributed by atoms with E-state index < -0.39 is 11.9 Å². The highest BCUT2D eigenvalue weighted by Crippen LogP contribution is 2.23. The highest BCUT2D eigenvalue weighted by Gasteiger charge is 2.08. The van der Waals surface area contributed by atoms with Crippen LogP contribution >= 0.6 is 0 Å². The molecular formula is C18H22AlO9. The van der Waals surface area contributed by atoms with E-state index in [9.17, 15) is 9.59 Å². The molecule has 0 aliphatic rings. The lowest BCUT2D eigenvalue weighted by atomic mass is 10.2. The van der Waals surface area contributed by atoms with Crippen LogP contribution in [0, 0.1) is 0 Å². The van der Waals surface area contributed by atoms with Crippen molar-refractivity contribution in [2.45, 2.75) is 0 Å². The molecule has 0 amide bonds. The first kappa shape index (κ1) is 27.3. The second-order valence-electron chi connectivity index (χ2n) is 4.81. The second kappa shape index (κ2) is 13.3. The summed E-state index contributed by atoms with van der Waals surface area (Å²) >= 11 is 0. The van der Waals surface area contributed by atoms with Gasteiger partial charge in [0, 0.05) is 29.5 Å². The molecule has 3 radical (unpaired) electrons. The molecule has 151 valence electrons. The number of carboxylic acids is 2. The van der Waals surface area contributed by atoms with E-state index in [1.807, 2.05) is 0 Å². The van der Waals surface area contributed by atoms with Crippen LogP contribution in [0.1, 0.15) is 20.7 Å². The van der Waals surface area contributed by atoms with Gasteiger partial charge in [0.2, 0.25) is 0 Å². The topological polar surface area (TPSA) is 143 Å². The van der Waals surface area contributed by atoms with Crippen molar-refractivity contribution >= 4 is 29.3 Å². The molecule has 0 atom stereocenters. The summed E-state index contributed by atoms with van der Waals surface area (Å²) in [4.78, 5) is 21.3. The number of rotatable bonds is 6. The second-order valence-corrected chi connectivity index (χ2v) is 4.81. The molecule has 2 rings (SSSR count). The quantitative estimate of drug-likeness (QED) is 0.685. The van der Waals surface area contributed by atoms with E-state index in [1.165, 1.54) is 52.7 Å². The van der Waals surface area contributed by atoms with E-state index in [1.54, 1.807) is 12.1 Å². The Bertz CT molecular complexity index is 668. The first-order chi connectivity index (χ1) is 12.3. The van der Waals surface area contributed by atoms with Crippen molar-refractivity contribution in [2.75, 3.05) is 28.4 Å². The summed E-state index contributed by atoms with van der Waals surface area (Å²) in [5.41, 5.74) is 0.299. The molecule has 0 unspecified atom stereocenters. The van der Waals surface area contributed by atoms with Crippen molar-refractivity contribution in [3.05, 3.63) is 47.5 Å². The fourth-order valence-corrected chi connectivity index (χ4v) is 1.86. The van der Waals surface area contributed by atoms with E-state index in [0.29, 0.717) is 23.0 Å². The lowest BCUT2D eigenvalue weighted by Gasteiger charge is -2.05. The van der Waals surface area contributed by atoms with Gasteiger partial charge in [-0.3, -0.25) is 0 Å². The fraction of sp³-hybridized carbons (Fsp3) is 0.222. The molecule has 0 aliphatic carbocycles. The lowest BCUT2D eigenvalue weighted by molar-refractivity contribution is 0.0685. The van der Waals surface area contributed by atoms with Crippen molar-refractivity contribution in [3.63, 3.8) is 0 Å². The first-order valence-corrected chi connectivity index (χ1v) is 7.27. The van der Waals surface area contributed by atoms with Gasteiger partial charge in [-0.2, -0.15) is 0 Å². The van der Waals surface area contributed by atoms with Gasteiger partial charge in [-0.05, 0) is 24.3 Å². The normalized spacial score (nSPS) is 8.71. The maximum atomic E-state index is 10.6. The molecule has 0 fully saturated rings. The zero-order valence-electron chi connectivity index (χ0n) is 15.9. The van der Waals surface area contributed by atoms with Crippen molar-refractivity contribution in [2.24, 2.45) is 0 Å². The summed E-state index contributed by atoms with van der Waals surface area (Å²) in [7, 11) is 5.89. The Morgan fingerprint density at radius 3 is 0.964 bits per heavy atom. The molecule has 0 aromatic heterocycles. The van der Waals surface area contributed by atoms with Gasteiger partial charge in [-0.25, -0.2) is 9.59 Å². The standard InChI is InChI=1S/2C9H10O4.Al.H2O/c2*1-12-7-3-6(9(10)11)4-8(5-7)13-2;;/h2*3-5H,1-2H3,(H,10,11);;1H2. The summed E-state index contributed by atoms with van der Waals surface area (Å²) in [6.07, 6.45) is 0. The van der Waals surface area contributed by atoms with Gasteiger partial charge in [0.15, 0.2) is 0 Å². The maximum Gasteiger partial charge on any atom is 0.335 e. The summed E-state index contributed by atoms with van der Waals surface area (Å²) in [6, 6.07) is 8.98. The molecule has 28 heavy (non-hydrogen) atoms. The van der Waals surface area contributed by atoms with Crippen LogP contribution in [0.2, 0.25) is 0 Å². The number of hydrogen-bond donors (Lipinski definition) is 2. The number of benzene rings is 2. The van der Waals surface area contributed by atoms with Crippen LogP contribution in [0.4, 0.5) is 0 Å². The summed E-state index contributed by atoms with van der Waals surface area (Å²) in [6.45, 7) is 0. The predicted molar refractivity (Wildman–Crippen MR) is 102 cm³/mol. The van der Waals surface area contributed by atoms with Crippen LogP contribution in [0.25, 0.3) is 0 Å². The minimum absolute atomic E-state index is 0. The highest BCUT2D eigenvalue weighted by atomic mass is 27.0. The molecule has 0 heterocycles. The molecule has 4 N–H and O–H groups in total. The van der Waals surface area contributed by atoms with Crippen LogP contribution in [0.3, 0.4) is 0 Å². The monoisotopic (exact) mass is 409 g/mol. The average molecular weight is 409 g/mol. The fourth-order valence-electron chi connectivity index (χ4n) is 1.86. The van der Waals surface area contributed by atoms with Crippen LogP contribution in [0.15, 0.2) is 36.4 Å². The van der Waals surface area contributed by atoms with E-state index in [2.05, 4.69) is 0 Å². The molecule has 0 aliphatic heterocycles. The SMILES string of the molecule is COc1cc(OC)cc(C(=O)O)c1.COc1cc(OC)cc(C(=O)O)c1.O.[Al]. The molecule has 2 aromatic rings. The van der Waals surface area contributed by atoms with E-state index in [-0.39, 0.29) is 34.0 Å². The van der Waals surface area contributed by atoms with Gasteiger partial charge in [0.1, 0.15) is 23.0 Å². The number of carboxylic acid groups (broad SMARTS) is 2. The zero-order chi connectivity index (χ0) is 19.7. The molecule has 0 spiro atoms. The Hall–Kier alpha value is -2.93. The van der Waals surface area contributed by atoms with Crippen LogP contribution < -0.4 is 18.9 Å². The van der Waals surface area contributed by atoms with Gasteiger partial charge in [-0.1, -0.05) is 0 Å². The summed E-state index contributed by atoms with van der Waals surface area (Å²) < 4.78 is 19.6. The number of carbonyl (C=O) groups is 2. The van der Waals surface area contributed by atoms with Gasteiger partial charge in [0.05, 0.1) is 39.6 Å². The minimum Gasteiger partial charge on any atom is -0.497 e. The minimum atomic E-state index is -1.00. The number of ether oxygens (including phenoxy) is 4. The Labute approximate surface area is 172 Å². The van der Waals surface area contributed by atoms with Crippen molar-refractivity contribution < 1.29 is 44.2 Å². The molecule has 0 saturated heterocycles. The summed E-state index contributed by atoms with van der Waals surface area (Å²) in [5.74, 6) is -0.128. The van der Waals surface area contributed by atoms with Crippen molar-refractivity contribution in [1.82, 2.24) is 0 Å². The van der Waals surface area contributed by atoms with Gasteiger partial charge < -0.3 is 34.6 Å². The first-order valence-electron chi connectivity index (χ1n) is 7.27. The number of hydrogen-bond acceptors (Lipinski definition) is 6. The van der Waals surface area contributed by atoms with Crippen molar-refractivity contribution in [3.8, 4) is 23.0 Å². The summed E-state index contributed by atoms with van der Waals surface area (Å²) in [5, 5.41) is 17.4. The van der Waals surface area contributed by atoms with E-state index in [4.69, 9.17) is 29.2 Å². The molecule has 10 heteroatoms. The van der Waals surface area contributed by atoms with Crippen molar-refractivity contribution in [1.29, 1.82) is 0 Å². The Balaban J connectivity index is 0. The maximum absolute atomic E-state index is 10.6. The van der Waals surface area contributed by atoms with Crippen LogP contribution in [-0.4, -0.2) is 73.4 Å². The molecule has 2 aromatic carbocycles. The smallest absolute Gasteiger partial charge is 0.335 e. The van der Waals surface area contributed by atoms with Gasteiger partial charge >= 0.3 is 11.9 Å². The van der Waals surface area contributed by atoms with E-state index >= 15 is 0 Å². The Morgan fingerprint density at radius 1 is 0.607 bits per heavy atom. The molecule has 0 bridgehead atoms. The van der Waals surface area contributed by atoms with Crippen LogP contribution in [0.5, 0.6) is 23.0 Å². The average Bonchev–Trinajstić information content (AvgIpc) is 2.67. The Kier molecular flexibility index (Phi) is 12.9. The third kappa shape index (κ3) is 8.18. The van der Waals surface area contributed by atoms with Crippen LogP contribution in [-0.2, 0) is 0 Å². The van der Waals surface area contributed by atoms with Gasteiger partial charge in [0.25, 0.3) is 0 Å². The third-order valence-corrected chi connectivity index (χ3v) is 3.20. The number of methoxy groups -OCH3 is 4. The lowest BCUT2D eigenvalue weighted by Crippen LogP contribution is -1.98. The molecule has 0 saturated carbocycles. The molecular weight excluding hydrogens is 387 g/mol. The predicted octanol–water partition coefficient (Wildman–Crippen LogP) is 1.60. The third-order valence-electron chi connectivity index (χ3n) is 3.20. The van der Waals surface area contributed by atoms with E-state index in [0.717, 1.165) is 0 Å².